The highest BCUT2D eigenvalue weighted by Crippen LogP contribution is 2.27. The Morgan fingerprint density at radius 2 is 1.93 bits per heavy atom. The highest BCUT2D eigenvalue weighted by molar-refractivity contribution is 7.10. The highest BCUT2D eigenvalue weighted by Gasteiger charge is 2.28. The van der Waals surface area contributed by atoms with Crippen molar-refractivity contribution >= 4 is 33.1 Å². The van der Waals surface area contributed by atoms with Gasteiger partial charge in [0.1, 0.15) is 31.8 Å². The number of rotatable bonds is 6. The fourth-order valence-corrected chi connectivity index (χ4v) is 5.44. The van der Waals surface area contributed by atoms with Gasteiger partial charge in [-0.2, -0.15) is 0 Å². The molecule has 4 aromatic rings. The van der Waals surface area contributed by atoms with E-state index in [0.717, 1.165) is 61.1 Å². The molecular weight excluding hydrogens is 396 g/mol. The molecule has 0 amide bonds. The molecule has 0 bridgehead atoms. The molecule has 5 rings (SSSR count). The summed E-state index contributed by atoms with van der Waals surface area (Å²) in [5.74, 6) is 0. The van der Waals surface area contributed by atoms with E-state index >= 15 is 0 Å². The number of morpholine rings is 1. The van der Waals surface area contributed by atoms with Crippen LogP contribution in [0.2, 0.25) is 0 Å². The predicted molar refractivity (Wildman–Crippen MR) is 119 cm³/mol. The van der Waals surface area contributed by atoms with Gasteiger partial charge in [0.15, 0.2) is 6.04 Å². The lowest BCUT2D eigenvalue weighted by molar-refractivity contribution is -0.952. The molecule has 0 unspecified atom stereocenters. The number of thiophene rings is 1. The van der Waals surface area contributed by atoms with Gasteiger partial charge in [0.05, 0.1) is 18.1 Å². The first kappa shape index (κ1) is 19.5. The molecule has 1 aliphatic heterocycles. The number of nitrogens with one attached hydrogen (secondary N) is 1. The van der Waals surface area contributed by atoms with Crippen LogP contribution in [0.1, 0.15) is 16.5 Å². The molecule has 1 aliphatic rings. The number of fused-ring (bicyclic) bond motifs is 3. The van der Waals surface area contributed by atoms with Gasteiger partial charge in [-0.15, -0.1) is 11.3 Å². The molecule has 3 N–H and O–H groups in total. The summed E-state index contributed by atoms with van der Waals surface area (Å²) < 4.78 is 11.1. The second-order valence-electron chi connectivity index (χ2n) is 7.82. The molecule has 2 aromatic heterocycles. The molecule has 0 saturated carbocycles. The SMILES string of the molecule is O=c1cc(C[NH2+]C[C@H](c2cccs2)[NH+]2CCOCC2)c2c(ccc3ccccc32)o1. The van der Waals surface area contributed by atoms with Crippen molar-refractivity contribution in [3.05, 3.63) is 80.8 Å². The monoisotopic (exact) mass is 422 g/mol. The molecule has 2 aromatic carbocycles. The van der Waals surface area contributed by atoms with Crippen molar-refractivity contribution in [2.75, 3.05) is 32.8 Å². The zero-order valence-corrected chi connectivity index (χ0v) is 17.6. The Morgan fingerprint density at radius 3 is 2.77 bits per heavy atom. The Bertz CT molecular complexity index is 1200. The molecular formula is C24H26N2O3S+2. The van der Waals surface area contributed by atoms with Crippen molar-refractivity contribution < 1.29 is 19.4 Å². The van der Waals surface area contributed by atoms with E-state index in [4.69, 9.17) is 9.15 Å². The minimum Gasteiger partial charge on any atom is -0.423 e. The zero-order valence-electron chi connectivity index (χ0n) is 16.8. The van der Waals surface area contributed by atoms with Gasteiger partial charge >= 0.3 is 5.63 Å². The minimum absolute atomic E-state index is 0.283. The summed E-state index contributed by atoms with van der Waals surface area (Å²) in [7, 11) is 0. The van der Waals surface area contributed by atoms with Gasteiger partial charge in [0.2, 0.25) is 0 Å². The largest absolute Gasteiger partial charge is 0.423 e. The molecule has 5 nitrogen and oxygen atoms in total. The first-order chi connectivity index (χ1) is 14.8. The topological polar surface area (TPSA) is 60.5 Å². The van der Waals surface area contributed by atoms with Crippen LogP contribution in [0.5, 0.6) is 0 Å². The van der Waals surface area contributed by atoms with Crippen LogP contribution in [0.25, 0.3) is 21.7 Å². The number of nitrogens with two attached hydrogens (primary N) is 1. The van der Waals surface area contributed by atoms with Gasteiger partial charge in [0, 0.05) is 17.0 Å². The fraction of sp³-hybridized carbons (Fsp3) is 0.292. The lowest BCUT2D eigenvalue weighted by Crippen LogP contribution is -3.16. The number of benzene rings is 2. The Hall–Kier alpha value is -2.51. The number of quaternary nitrogens is 2. The van der Waals surface area contributed by atoms with Crippen molar-refractivity contribution in [1.29, 1.82) is 0 Å². The second kappa shape index (κ2) is 8.70. The van der Waals surface area contributed by atoms with Crippen LogP contribution in [0, 0.1) is 0 Å². The van der Waals surface area contributed by atoms with Crippen molar-refractivity contribution in [2.24, 2.45) is 0 Å². The molecule has 3 heterocycles. The third-order valence-corrected chi connectivity index (χ3v) is 6.98. The van der Waals surface area contributed by atoms with Crippen LogP contribution in [0.15, 0.2) is 69.2 Å². The van der Waals surface area contributed by atoms with E-state index in [0.29, 0.717) is 11.6 Å². The third kappa shape index (κ3) is 3.91. The van der Waals surface area contributed by atoms with E-state index in [9.17, 15) is 4.79 Å². The lowest BCUT2D eigenvalue weighted by Gasteiger charge is -2.30. The molecule has 1 atom stereocenters. The Morgan fingerprint density at radius 1 is 1.07 bits per heavy atom. The summed E-state index contributed by atoms with van der Waals surface area (Å²) >= 11 is 1.83. The number of ether oxygens (including phenoxy) is 1. The maximum absolute atomic E-state index is 12.2. The molecule has 0 spiro atoms. The van der Waals surface area contributed by atoms with Gasteiger partial charge in [-0.05, 0) is 28.3 Å². The fourth-order valence-electron chi connectivity index (χ4n) is 4.54. The quantitative estimate of drug-likeness (QED) is 0.368. The maximum Gasteiger partial charge on any atom is 0.336 e. The van der Waals surface area contributed by atoms with E-state index in [1.54, 1.807) is 11.0 Å². The normalized spacial score (nSPS) is 16.3. The average Bonchev–Trinajstić information content (AvgIpc) is 3.31. The first-order valence-corrected chi connectivity index (χ1v) is 11.4. The van der Waals surface area contributed by atoms with Gasteiger partial charge < -0.3 is 19.4 Å². The van der Waals surface area contributed by atoms with E-state index in [1.807, 2.05) is 35.6 Å². The summed E-state index contributed by atoms with van der Waals surface area (Å²) in [5, 5.41) is 7.84. The van der Waals surface area contributed by atoms with Crippen LogP contribution in [0.4, 0.5) is 0 Å². The number of hydrogen-bond donors (Lipinski definition) is 2. The molecule has 1 fully saturated rings. The molecule has 1 saturated heterocycles. The molecule has 30 heavy (non-hydrogen) atoms. The van der Waals surface area contributed by atoms with Crippen LogP contribution < -0.4 is 15.8 Å². The van der Waals surface area contributed by atoms with E-state index in [-0.39, 0.29) is 5.63 Å². The maximum atomic E-state index is 12.2. The van der Waals surface area contributed by atoms with Gasteiger partial charge in [0.25, 0.3) is 0 Å². The molecule has 6 heteroatoms. The Kier molecular flexibility index (Phi) is 5.64. The lowest BCUT2D eigenvalue weighted by atomic mass is 10.0. The molecule has 154 valence electrons. The van der Waals surface area contributed by atoms with Gasteiger partial charge in [-0.3, -0.25) is 0 Å². The third-order valence-electron chi connectivity index (χ3n) is 6.00. The van der Waals surface area contributed by atoms with Crippen LogP contribution in [0.3, 0.4) is 0 Å². The highest BCUT2D eigenvalue weighted by atomic mass is 32.1. The van der Waals surface area contributed by atoms with Crippen molar-refractivity contribution in [1.82, 2.24) is 0 Å². The van der Waals surface area contributed by atoms with Crippen molar-refractivity contribution in [2.45, 2.75) is 12.6 Å². The van der Waals surface area contributed by atoms with Crippen molar-refractivity contribution in [3.63, 3.8) is 0 Å². The predicted octanol–water partition coefficient (Wildman–Crippen LogP) is 1.73. The molecule has 0 aliphatic carbocycles. The molecule has 0 radical (unpaired) electrons. The second-order valence-corrected chi connectivity index (χ2v) is 8.80. The summed E-state index contributed by atoms with van der Waals surface area (Å²) in [6, 6.07) is 18.7. The number of hydrogen-bond acceptors (Lipinski definition) is 4. The minimum atomic E-state index is -0.283. The van der Waals surface area contributed by atoms with Crippen LogP contribution >= 0.6 is 11.3 Å². The summed E-state index contributed by atoms with van der Waals surface area (Å²) in [5.41, 5.74) is 1.42. The zero-order chi connectivity index (χ0) is 20.3. The standard InChI is InChI=1S/C24H24N2O3S/c27-23-14-18(24-19-5-2-1-4-17(19)7-8-21(24)29-23)15-25-16-20(22-6-3-13-30-22)26-9-11-28-12-10-26/h1-8,13-14,20,25H,9-12,15-16H2/p+2/t20-/m1/s1. The smallest absolute Gasteiger partial charge is 0.336 e. The van der Waals surface area contributed by atoms with E-state index in [2.05, 4.69) is 35.0 Å². The first-order valence-electron chi connectivity index (χ1n) is 10.5. The van der Waals surface area contributed by atoms with Crippen LogP contribution in [-0.2, 0) is 11.3 Å². The Balaban J connectivity index is 1.42. The van der Waals surface area contributed by atoms with Gasteiger partial charge in [-0.1, -0.05) is 36.4 Å². The van der Waals surface area contributed by atoms with Crippen LogP contribution in [-0.4, -0.2) is 32.8 Å². The Labute approximate surface area is 178 Å². The van der Waals surface area contributed by atoms with E-state index in [1.165, 1.54) is 4.88 Å². The summed E-state index contributed by atoms with van der Waals surface area (Å²) in [6.07, 6.45) is 0. The van der Waals surface area contributed by atoms with Gasteiger partial charge in [-0.25, -0.2) is 4.79 Å². The van der Waals surface area contributed by atoms with E-state index < -0.39 is 0 Å². The summed E-state index contributed by atoms with van der Waals surface area (Å²) in [6.45, 7) is 5.46. The van der Waals surface area contributed by atoms with Crippen molar-refractivity contribution in [3.8, 4) is 0 Å². The summed E-state index contributed by atoms with van der Waals surface area (Å²) in [4.78, 5) is 15.2. The average molecular weight is 423 g/mol.